The minimum Gasteiger partial charge on any atom is -0.508 e. The number of rotatable bonds is 2. The lowest BCUT2D eigenvalue weighted by molar-refractivity contribution is 0.461. The highest BCUT2D eigenvalue weighted by molar-refractivity contribution is 5.41. The van der Waals surface area contributed by atoms with Crippen molar-refractivity contribution in [3.8, 4) is 5.75 Å². The summed E-state index contributed by atoms with van der Waals surface area (Å²) in [7, 11) is 0. The van der Waals surface area contributed by atoms with Gasteiger partial charge < -0.3 is 10.4 Å². The molecule has 2 nitrogen and oxygen atoms in total. The van der Waals surface area contributed by atoms with E-state index in [1.807, 2.05) is 13.0 Å². The minimum absolute atomic E-state index is 0.451. The van der Waals surface area contributed by atoms with Gasteiger partial charge in [-0.05, 0) is 62.4 Å². The molecule has 1 heterocycles. The second kappa shape index (κ2) is 4.23. The van der Waals surface area contributed by atoms with Crippen molar-refractivity contribution in [2.45, 2.75) is 39.2 Å². The summed E-state index contributed by atoms with van der Waals surface area (Å²) in [5.41, 5.74) is 3.51. The van der Waals surface area contributed by atoms with E-state index < -0.39 is 0 Å². The molecule has 2 N–H and O–H groups in total. The van der Waals surface area contributed by atoms with E-state index in [9.17, 15) is 5.11 Å². The molecule has 1 saturated heterocycles. The molecule has 1 fully saturated rings. The Bertz CT molecular complexity index is 354. The molecule has 1 aromatic carbocycles. The molecule has 1 aliphatic heterocycles. The van der Waals surface area contributed by atoms with E-state index in [0.717, 1.165) is 24.1 Å². The number of phenols is 1. The fourth-order valence-corrected chi connectivity index (χ4v) is 2.22. The number of aryl methyl sites for hydroxylation is 2. The molecule has 1 aliphatic rings. The van der Waals surface area contributed by atoms with Crippen LogP contribution in [0.15, 0.2) is 12.1 Å². The van der Waals surface area contributed by atoms with Gasteiger partial charge in [-0.3, -0.25) is 0 Å². The molecule has 0 aromatic heterocycles. The number of benzene rings is 1. The first-order chi connectivity index (χ1) is 7.16. The number of phenolic OH excluding ortho intramolecular Hbond substituents is 1. The maximum atomic E-state index is 9.85. The fourth-order valence-electron chi connectivity index (χ4n) is 2.22. The second-order valence-electron chi connectivity index (χ2n) is 4.56. The van der Waals surface area contributed by atoms with Crippen molar-refractivity contribution >= 4 is 0 Å². The van der Waals surface area contributed by atoms with Crippen LogP contribution in [0.1, 0.15) is 29.5 Å². The smallest absolute Gasteiger partial charge is 0.119 e. The summed E-state index contributed by atoms with van der Waals surface area (Å²) in [6, 6.07) is 4.54. The highest BCUT2D eigenvalue weighted by atomic mass is 16.3. The number of nitrogens with one attached hydrogen (secondary N) is 1. The van der Waals surface area contributed by atoms with Gasteiger partial charge in [0.05, 0.1) is 0 Å². The third-order valence-corrected chi connectivity index (χ3v) is 3.32. The van der Waals surface area contributed by atoms with Crippen LogP contribution >= 0.6 is 0 Å². The van der Waals surface area contributed by atoms with Crippen molar-refractivity contribution in [2.75, 3.05) is 6.54 Å². The van der Waals surface area contributed by atoms with Crippen molar-refractivity contribution < 1.29 is 5.11 Å². The van der Waals surface area contributed by atoms with Crippen LogP contribution in [0.4, 0.5) is 0 Å². The lowest BCUT2D eigenvalue weighted by atomic mass is 9.99. The molecule has 0 spiro atoms. The standard InChI is InChI=1S/C13H19NO/c1-9-6-11(13(15)7-10(9)2)8-12-4-3-5-14-12/h6-7,12,14-15H,3-5,8H2,1-2H3. The predicted molar refractivity (Wildman–Crippen MR) is 62.3 cm³/mol. The molecule has 0 radical (unpaired) electrons. The quantitative estimate of drug-likeness (QED) is 0.776. The molecule has 2 rings (SSSR count). The second-order valence-corrected chi connectivity index (χ2v) is 4.56. The van der Waals surface area contributed by atoms with Crippen molar-refractivity contribution in [3.63, 3.8) is 0 Å². The van der Waals surface area contributed by atoms with Crippen LogP contribution in [-0.2, 0) is 6.42 Å². The van der Waals surface area contributed by atoms with Crippen LogP contribution in [0.2, 0.25) is 0 Å². The first-order valence-electron chi connectivity index (χ1n) is 5.69. The summed E-state index contributed by atoms with van der Waals surface area (Å²) < 4.78 is 0. The SMILES string of the molecule is Cc1cc(O)c(CC2CCCN2)cc1C. The van der Waals surface area contributed by atoms with Gasteiger partial charge in [-0.15, -0.1) is 0 Å². The summed E-state index contributed by atoms with van der Waals surface area (Å²) in [5, 5.41) is 13.3. The Kier molecular flexibility index (Phi) is 2.96. The van der Waals surface area contributed by atoms with Gasteiger partial charge in [0.15, 0.2) is 0 Å². The van der Waals surface area contributed by atoms with Crippen LogP contribution in [0, 0.1) is 13.8 Å². The van der Waals surface area contributed by atoms with Crippen molar-refractivity contribution in [1.29, 1.82) is 0 Å². The molecule has 1 unspecified atom stereocenters. The summed E-state index contributed by atoms with van der Waals surface area (Å²) in [6.07, 6.45) is 3.44. The van der Waals surface area contributed by atoms with Gasteiger partial charge in [0.25, 0.3) is 0 Å². The zero-order valence-electron chi connectivity index (χ0n) is 9.51. The predicted octanol–water partition coefficient (Wildman–Crippen LogP) is 2.30. The highest BCUT2D eigenvalue weighted by Gasteiger charge is 2.16. The third kappa shape index (κ3) is 2.32. The molecule has 0 saturated carbocycles. The maximum absolute atomic E-state index is 9.85. The Hall–Kier alpha value is -1.02. The molecule has 82 valence electrons. The van der Waals surface area contributed by atoms with E-state index in [-0.39, 0.29) is 0 Å². The monoisotopic (exact) mass is 205 g/mol. The summed E-state index contributed by atoms with van der Waals surface area (Å²) in [6.45, 7) is 5.25. The van der Waals surface area contributed by atoms with Crippen LogP contribution in [0.5, 0.6) is 5.75 Å². The molecule has 0 amide bonds. The maximum Gasteiger partial charge on any atom is 0.119 e. The largest absolute Gasteiger partial charge is 0.508 e. The van der Waals surface area contributed by atoms with Crippen molar-refractivity contribution in [2.24, 2.45) is 0 Å². The van der Waals surface area contributed by atoms with E-state index in [2.05, 4.69) is 18.3 Å². The van der Waals surface area contributed by atoms with E-state index in [4.69, 9.17) is 0 Å². The lowest BCUT2D eigenvalue weighted by Gasteiger charge is -2.13. The van der Waals surface area contributed by atoms with Gasteiger partial charge in [-0.25, -0.2) is 0 Å². The number of hydrogen-bond acceptors (Lipinski definition) is 2. The molecule has 15 heavy (non-hydrogen) atoms. The van der Waals surface area contributed by atoms with Crippen LogP contribution < -0.4 is 5.32 Å². The van der Waals surface area contributed by atoms with E-state index >= 15 is 0 Å². The normalized spacial score (nSPS) is 20.8. The van der Waals surface area contributed by atoms with Gasteiger partial charge in [0, 0.05) is 6.04 Å². The van der Waals surface area contributed by atoms with Crippen LogP contribution in [-0.4, -0.2) is 17.7 Å². The molecule has 2 heteroatoms. The van der Waals surface area contributed by atoms with Gasteiger partial charge >= 0.3 is 0 Å². The Labute approximate surface area is 91.3 Å². The first kappa shape index (κ1) is 10.5. The van der Waals surface area contributed by atoms with Gasteiger partial charge in [-0.2, -0.15) is 0 Å². The molecule has 1 atom stereocenters. The zero-order valence-corrected chi connectivity index (χ0v) is 9.51. The fraction of sp³-hybridized carbons (Fsp3) is 0.538. The Balaban J connectivity index is 2.16. The van der Waals surface area contributed by atoms with Crippen molar-refractivity contribution in [1.82, 2.24) is 5.32 Å². The Morgan fingerprint density at radius 3 is 2.73 bits per heavy atom. The first-order valence-corrected chi connectivity index (χ1v) is 5.69. The highest BCUT2D eigenvalue weighted by Crippen LogP contribution is 2.24. The van der Waals surface area contributed by atoms with Gasteiger partial charge in [-0.1, -0.05) is 6.07 Å². The van der Waals surface area contributed by atoms with Crippen LogP contribution in [0.3, 0.4) is 0 Å². The third-order valence-electron chi connectivity index (χ3n) is 3.32. The van der Waals surface area contributed by atoms with Gasteiger partial charge in [0.1, 0.15) is 5.75 Å². The van der Waals surface area contributed by atoms with Crippen molar-refractivity contribution in [3.05, 3.63) is 28.8 Å². The summed E-state index contributed by atoms with van der Waals surface area (Å²) in [5.74, 6) is 0.451. The topological polar surface area (TPSA) is 32.3 Å². The van der Waals surface area contributed by atoms with E-state index in [1.54, 1.807) is 0 Å². The molecular weight excluding hydrogens is 186 g/mol. The molecule has 0 aliphatic carbocycles. The Morgan fingerprint density at radius 2 is 2.07 bits per heavy atom. The molecule has 0 bridgehead atoms. The number of aromatic hydroxyl groups is 1. The number of hydrogen-bond donors (Lipinski definition) is 2. The minimum atomic E-state index is 0.451. The average Bonchev–Trinajstić information content (AvgIpc) is 2.67. The average molecular weight is 205 g/mol. The Morgan fingerprint density at radius 1 is 1.33 bits per heavy atom. The van der Waals surface area contributed by atoms with Gasteiger partial charge in [0.2, 0.25) is 0 Å². The summed E-state index contributed by atoms with van der Waals surface area (Å²) in [4.78, 5) is 0. The molecule has 1 aromatic rings. The lowest BCUT2D eigenvalue weighted by Crippen LogP contribution is -2.23. The zero-order chi connectivity index (χ0) is 10.8. The van der Waals surface area contributed by atoms with E-state index in [0.29, 0.717) is 11.8 Å². The van der Waals surface area contributed by atoms with Crippen LogP contribution in [0.25, 0.3) is 0 Å². The van der Waals surface area contributed by atoms with E-state index in [1.165, 1.54) is 18.4 Å². The molecular formula is C13H19NO. The summed E-state index contributed by atoms with van der Waals surface area (Å²) >= 11 is 0.